The van der Waals surface area contributed by atoms with Crippen LogP contribution in [-0.4, -0.2) is 39.8 Å². The topological polar surface area (TPSA) is 69.6 Å². The van der Waals surface area contributed by atoms with Crippen molar-refractivity contribution in [3.63, 3.8) is 0 Å². The lowest BCUT2D eigenvalue weighted by Crippen LogP contribution is -2.17. The Kier molecular flexibility index (Phi) is 6.64. The van der Waals surface area contributed by atoms with Crippen molar-refractivity contribution in [1.82, 2.24) is 9.29 Å². The van der Waals surface area contributed by atoms with Gasteiger partial charge in [-0.1, -0.05) is 18.2 Å². The first kappa shape index (κ1) is 22.5. The van der Waals surface area contributed by atoms with Gasteiger partial charge in [-0.15, -0.1) is 0 Å². The molecule has 4 rings (SSSR count). The Hall–Kier alpha value is -2.68. The van der Waals surface area contributed by atoms with Crippen LogP contribution in [-0.2, 0) is 21.2 Å². The fourth-order valence-electron chi connectivity index (χ4n) is 4.19. The van der Waals surface area contributed by atoms with Gasteiger partial charge in [-0.3, -0.25) is 0 Å². The average Bonchev–Trinajstić information content (AvgIpc) is 3.36. The SMILES string of the molecule is CNC1CCc2c1cc(-c1ccccc1F)n2S(=O)(=O)c1cccc(OCCCOC)c1. The number of fused-ring (bicyclic) bond motifs is 1. The van der Waals surface area contributed by atoms with Crippen LogP contribution in [0.3, 0.4) is 0 Å². The molecule has 0 saturated carbocycles. The molecular weight excluding hydrogens is 431 g/mol. The van der Waals surface area contributed by atoms with Crippen molar-refractivity contribution in [2.45, 2.75) is 30.2 Å². The van der Waals surface area contributed by atoms with Crippen molar-refractivity contribution >= 4 is 10.0 Å². The Balaban J connectivity index is 1.80. The molecule has 1 unspecified atom stereocenters. The van der Waals surface area contributed by atoms with Gasteiger partial charge in [-0.05, 0) is 55.8 Å². The van der Waals surface area contributed by atoms with E-state index < -0.39 is 15.8 Å². The molecule has 0 spiro atoms. The van der Waals surface area contributed by atoms with Crippen LogP contribution in [0.2, 0.25) is 0 Å². The predicted molar refractivity (Wildman–Crippen MR) is 121 cm³/mol. The van der Waals surface area contributed by atoms with E-state index in [1.807, 2.05) is 7.05 Å². The van der Waals surface area contributed by atoms with E-state index in [1.165, 1.54) is 16.1 Å². The number of halogens is 1. The zero-order chi connectivity index (χ0) is 22.7. The molecule has 170 valence electrons. The highest BCUT2D eigenvalue weighted by molar-refractivity contribution is 7.90. The normalized spacial score (nSPS) is 15.7. The lowest BCUT2D eigenvalue weighted by Gasteiger charge is -2.15. The summed E-state index contributed by atoms with van der Waals surface area (Å²) in [4.78, 5) is 0.102. The second-order valence-corrected chi connectivity index (χ2v) is 9.52. The molecule has 1 aliphatic rings. The third-order valence-corrected chi connectivity index (χ3v) is 7.49. The summed E-state index contributed by atoms with van der Waals surface area (Å²) < 4.78 is 54.4. The maximum Gasteiger partial charge on any atom is 0.268 e. The van der Waals surface area contributed by atoms with E-state index in [4.69, 9.17) is 9.47 Å². The van der Waals surface area contributed by atoms with Gasteiger partial charge in [0, 0.05) is 43.5 Å². The number of aromatic nitrogens is 1. The molecule has 1 aliphatic carbocycles. The van der Waals surface area contributed by atoms with Crippen molar-refractivity contribution < 1.29 is 22.3 Å². The number of ether oxygens (including phenoxy) is 2. The lowest BCUT2D eigenvalue weighted by atomic mass is 10.1. The number of nitrogens with one attached hydrogen (secondary N) is 1. The van der Waals surface area contributed by atoms with Crippen molar-refractivity contribution in [1.29, 1.82) is 0 Å². The highest BCUT2D eigenvalue weighted by Crippen LogP contribution is 2.40. The van der Waals surface area contributed by atoms with E-state index in [-0.39, 0.29) is 16.5 Å². The van der Waals surface area contributed by atoms with E-state index in [0.717, 1.165) is 12.0 Å². The molecule has 0 aliphatic heterocycles. The molecule has 0 fully saturated rings. The van der Waals surface area contributed by atoms with Crippen LogP contribution >= 0.6 is 0 Å². The molecule has 1 atom stereocenters. The number of hydrogen-bond acceptors (Lipinski definition) is 5. The second-order valence-electron chi connectivity index (χ2n) is 7.73. The molecule has 1 aromatic heterocycles. The highest BCUT2D eigenvalue weighted by atomic mass is 32.2. The molecular formula is C24H27FN2O4S. The summed E-state index contributed by atoms with van der Waals surface area (Å²) in [5.74, 6) is 0.00267. The lowest BCUT2D eigenvalue weighted by molar-refractivity contribution is 0.172. The van der Waals surface area contributed by atoms with Gasteiger partial charge in [-0.2, -0.15) is 0 Å². The summed E-state index contributed by atoms with van der Waals surface area (Å²) in [6.45, 7) is 0.979. The fourth-order valence-corrected chi connectivity index (χ4v) is 5.81. The minimum absolute atomic E-state index is 0.0300. The third kappa shape index (κ3) is 4.18. The molecule has 1 N–H and O–H groups in total. The van der Waals surface area contributed by atoms with Crippen LogP contribution in [0.25, 0.3) is 11.3 Å². The van der Waals surface area contributed by atoms with Gasteiger partial charge in [-0.25, -0.2) is 16.8 Å². The van der Waals surface area contributed by atoms with Gasteiger partial charge in [0.05, 0.1) is 17.2 Å². The monoisotopic (exact) mass is 458 g/mol. The summed E-state index contributed by atoms with van der Waals surface area (Å²) in [5.41, 5.74) is 2.17. The van der Waals surface area contributed by atoms with Gasteiger partial charge < -0.3 is 14.8 Å². The summed E-state index contributed by atoms with van der Waals surface area (Å²) >= 11 is 0. The first-order valence-electron chi connectivity index (χ1n) is 10.6. The van der Waals surface area contributed by atoms with E-state index in [2.05, 4.69) is 5.32 Å². The largest absolute Gasteiger partial charge is 0.493 e. The summed E-state index contributed by atoms with van der Waals surface area (Å²) in [7, 11) is -0.523. The van der Waals surface area contributed by atoms with Crippen LogP contribution in [0.1, 0.15) is 30.1 Å². The predicted octanol–water partition coefficient (Wildman–Crippen LogP) is 4.15. The molecule has 3 aromatic rings. The van der Waals surface area contributed by atoms with Gasteiger partial charge in [0.2, 0.25) is 0 Å². The smallest absolute Gasteiger partial charge is 0.268 e. The molecule has 8 heteroatoms. The minimum Gasteiger partial charge on any atom is -0.493 e. The number of benzene rings is 2. The van der Waals surface area contributed by atoms with Gasteiger partial charge in [0.15, 0.2) is 0 Å². The first-order valence-corrected chi connectivity index (χ1v) is 12.1. The zero-order valence-corrected chi connectivity index (χ0v) is 19.0. The Morgan fingerprint density at radius 1 is 1.12 bits per heavy atom. The van der Waals surface area contributed by atoms with Crippen molar-refractivity contribution in [3.05, 3.63) is 71.7 Å². The van der Waals surface area contributed by atoms with Crippen LogP contribution < -0.4 is 10.1 Å². The van der Waals surface area contributed by atoms with Crippen LogP contribution in [0.4, 0.5) is 4.39 Å². The van der Waals surface area contributed by atoms with Crippen LogP contribution in [0, 0.1) is 5.82 Å². The van der Waals surface area contributed by atoms with Crippen molar-refractivity contribution in [2.24, 2.45) is 0 Å². The third-order valence-electron chi connectivity index (χ3n) is 5.74. The average molecular weight is 459 g/mol. The number of hydrogen-bond donors (Lipinski definition) is 1. The molecule has 6 nitrogen and oxygen atoms in total. The van der Waals surface area contributed by atoms with E-state index >= 15 is 0 Å². The van der Waals surface area contributed by atoms with Crippen LogP contribution in [0.15, 0.2) is 59.5 Å². The molecule has 0 bridgehead atoms. The maximum absolute atomic E-state index is 14.7. The van der Waals surface area contributed by atoms with Gasteiger partial charge >= 0.3 is 0 Å². The summed E-state index contributed by atoms with van der Waals surface area (Å²) in [6.07, 6.45) is 2.07. The van der Waals surface area contributed by atoms with Crippen LogP contribution in [0.5, 0.6) is 5.75 Å². The Labute approximate surface area is 188 Å². The standard InChI is InChI=1S/C24H27FN2O4S/c1-26-22-11-12-23-20(22)16-24(19-9-3-4-10-21(19)25)27(23)32(28,29)18-8-5-7-17(15-18)31-14-6-13-30-2/h3-5,7-10,15-16,22,26H,6,11-14H2,1-2H3. The Morgan fingerprint density at radius 3 is 2.69 bits per heavy atom. The number of rotatable bonds is 9. The Morgan fingerprint density at radius 2 is 1.94 bits per heavy atom. The number of methoxy groups -OCH3 is 1. The van der Waals surface area contributed by atoms with Gasteiger partial charge in [0.1, 0.15) is 11.6 Å². The molecule has 0 radical (unpaired) electrons. The summed E-state index contributed by atoms with van der Waals surface area (Å²) in [6, 6.07) is 14.5. The first-order chi connectivity index (χ1) is 15.5. The molecule has 0 amide bonds. The molecule has 32 heavy (non-hydrogen) atoms. The van der Waals surface area contributed by atoms with Gasteiger partial charge in [0.25, 0.3) is 10.0 Å². The van der Waals surface area contributed by atoms with E-state index in [0.29, 0.717) is 43.2 Å². The molecule has 2 aromatic carbocycles. The Bertz CT molecular complexity index is 1210. The summed E-state index contributed by atoms with van der Waals surface area (Å²) in [5, 5.41) is 3.23. The second kappa shape index (κ2) is 9.44. The zero-order valence-electron chi connectivity index (χ0n) is 18.2. The highest BCUT2D eigenvalue weighted by Gasteiger charge is 2.33. The molecule has 1 heterocycles. The van der Waals surface area contributed by atoms with Crippen molar-refractivity contribution in [2.75, 3.05) is 27.4 Å². The maximum atomic E-state index is 14.7. The van der Waals surface area contributed by atoms with Crippen molar-refractivity contribution in [3.8, 4) is 17.0 Å². The number of nitrogens with zero attached hydrogens (tertiary/aromatic N) is 1. The van der Waals surface area contributed by atoms with E-state index in [1.54, 1.807) is 49.6 Å². The fraction of sp³-hybridized carbons (Fsp3) is 0.333. The van der Waals surface area contributed by atoms with E-state index in [9.17, 15) is 12.8 Å². The quantitative estimate of drug-likeness (QED) is 0.488. The molecule has 0 saturated heterocycles. The minimum atomic E-state index is -3.99.